The summed E-state index contributed by atoms with van der Waals surface area (Å²) in [5.41, 5.74) is 12.1. The third kappa shape index (κ3) is 1.28. The number of hydrogen-bond acceptors (Lipinski definition) is 4. The zero-order chi connectivity index (χ0) is 9.26. The molecule has 2 aromatic rings. The van der Waals surface area contributed by atoms with Crippen LogP contribution in [0, 0.1) is 0 Å². The van der Waals surface area contributed by atoms with Crippen molar-refractivity contribution in [1.82, 2.24) is 14.4 Å². The molecule has 0 spiro atoms. The van der Waals surface area contributed by atoms with Gasteiger partial charge in [0.2, 0.25) is 0 Å². The monoisotopic (exact) mass is 177 g/mol. The lowest BCUT2D eigenvalue weighted by Gasteiger charge is -2.09. The van der Waals surface area contributed by atoms with Gasteiger partial charge in [0.1, 0.15) is 11.5 Å². The molecule has 2 aromatic heterocycles. The molecule has 0 saturated carbocycles. The van der Waals surface area contributed by atoms with Crippen LogP contribution in [0.5, 0.6) is 0 Å². The van der Waals surface area contributed by atoms with Crippen molar-refractivity contribution in [3.63, 3.8) is 0 Å². The van der Waals surface area contributed by atoms with E-state index in [1.807, 2.05) is 16.7 Å². The lowest BCUT2D eigenvalue weighted by Crippen LogP contribution is -2.24. The Hall–Kier alpha value is -1.46. The van der Waals surface area contributed by atoms with E-state index in [9.17, 15) is 0 Å². The molecule has 0 aliphatic heterocycles. The number of hydrogen-bond donors (Lipinski definition) is 2. The average Bonchev–Trinajstić information content (AvgIpc) is 2.63. The first-order valence-corrected chi connectivity index (χ1v) is 4.06. The van der Waals surface area contributed by atoms with Gasteiger partial charge < -0.3 is 11.5 Å². The van der Waals surface area contributed by atoms with Crippen LogP contribution < -0.4 is 11.5 Å². The van der Waals surface area contributed by atoms with E-state index in [-0.39, 0.29) is 6.04 Å². The van der Waals surface area contributed by atoms with Gasteiger partial charge >= 0.3 is 0 Å². The van der Waals surface area contributed by atoms with E-state index < -0.39 is 0 Å². The van der Waals surface area contributed by atoms with Gasteiger partial charge in [-0.25, -0.2) is 9.97 Å². The van der Waals surface area contributed by atoms with Gasteiger partial charge in [0.05, 0.1) is 6.04 Å². The predicted octanol–water partition coefficient (Wildman–Crippen LogP) is -0.312. The van der Waals surface area contributed by atoms with E-state index in [0.717, 1.165) is 11.5 Å². The van der Waals surface area contributed by atoms with Gasteiger partial charge in [0.25, 0.3) is 0 Å². The smallest absolute Gasteiger partial charge is 0.139 e. The summed E-state index contributed by atoms with van der Waals surface area (Å²) in [4.78, 5) is 8.29. The molecule has 2 heterocycles. The second kappa shape index (κ2) is 3.12. The Kier molecular flexibility index (Phi) is 1.96. The molecule has 0 bridgehead atoms. The highest BCUT2D eigenvalue weighted by molar-refractivity contribution is 5.37. The van der Waals surface area contributed by atoms with Crippen LogP contribution in [-0.4, -0.2) is 20.9 Å². The summed E-state index contributed by atoms with van der Waals surface area (Å²) in [5.74, 6) is 0.748. The van der Waals surface area contributed by atoms with Crippen LogP contribution in [0.1, 0.15) is 11.9 Å². The van der Waals surface area contributed by atoms with Crippen LogP contribution in [0.4, 0.5) is 0 Å². The first-order chi connectivity index (χ1) is 6.33. The molecule has 1 unspecified atom stereocenters. The van der Waals surface area contributed by atoms with E-state index in [0.29, 0.717) is 6.54 Å². The second-order valence-corrected chi connectivity index (χ2v) is 2.80. The maximum Gasteiger partial charge on any atom is 0.139 e. The summed E-state index contributed by atoms with van der Waals surface area (Å²) in [7, 11) is 0. The SMILES string of the molecule is NCC(N)c1nccc2nccn12. The van der Waals surface area contributed by atoms with Crippen molar-refractivity contribution >= 4 is 5.65 Å². The van der Waals surface area contributed by atoms with E-state index in [1.54, 1.807) is 12.4 Å². The van der Waals surface area contributed by atoms with Gasteiger partial charge in [-0.2, -0.15) is 0 Å². The molecule has 0 saturated heterocycles. The van der Waals surface area contributed by atoms with E-state index in [4.69, 9.17) is 11.5 Å². The molecule has 0 aliphatic carbocycles. The zero-order valence-corrected chi connectivity index (χ0v) is 7.09. The van der Waals surface area contributed by atoms with Crippen molar-refractivity contribution < 1.29 is 0 Å². The summed E-state index contributed by atoms with van der Waals surface area (Å²) in [6.45, 7) is 0.379. The summed E-state index contributed by atoms with van der Waals surface area (Å²) >= 11 is 0. The largest absolute Gasteiger partial charge is 0.328 e. The third-order valence-corrected chi connectivity index (χ3v) is 1.93. The Morgan fingerprint density at radius 1 is 1.38 bits per heavy atom. The molecule has 0 radical (unpaired) electrons. The maximum atomic E-state index is 5.78. The lowest BCUT2D eigenvalue weighted by molar-refractivity contribution is 0.668. The number of rotatable bonds is 2. The highest BCUT2D eigenvalue weighted by Crippen LogP contribution is 2.08. The van der Waals surface area contributed by atoms with Crippen molar-refractivity contribution in [2.45, 2.75) is 6.04 Å². The topological polar surface area (TPSA) is 82.2 Å². The summed E-state index contributed by atoms with van der Waals surface area (Å²) in [6, 6.07) is 1.59. The predicted molar refractivity (Wildman–Crippen MR) is 49.0 cm³/mol. The van der Waals surface area contributed by atoms with E-state index >= 15 is 0 Å². The molecular weight excluding hydrogens is 166 g/mol. The highest BCUT2D eigenvalue weighted by atomic mass is 15.1. The van der Waals surface area contributed by atoms with Crippen molar-refractivity contribution in [3.8, 4) is 0 Å². The lowest BCUT2D eigenvalue weighted by atomic mass is 10.3. The normalized spacial score (nSPS) is 13.4. The summed E-state index contributed by atoms with van der Waals surface area (Å²) < 4.78 is 1.84. The number of aromatic nitrogens is 3. The molecule has 68 valence electrons. The molecule has 1 atom stereocenters. The van der Waals surface area contributed by atoms with Crippen LogP contribution in [0.2, 0.25) is 0 Å². The molecule has 4 N–H and O–H groups in total. The Morgan fingerprint density at radius 2 is 2.23 bits per heavy atom. The molecule has 13 heavy (non-hydrogen) atoms. The molecule has 5 nitrogen and oxygen atoms in total. The minimum absolute atomic E-state index is 0.238. The Morgan fingerprint density at radius 3 is 3.00 bits per heavy atom. The quantitative estimate of drug-likeness (QED) is 0.659. The first kappa shape index (κ1) is 8.15. The number of nitrogens with two attached hydrogens (primary N) is 2. The molecular formula is C8H11N5. The zero-order valence-electron chi connectivity index (χ0n) is 7.09. The third-order valence-electron chi connectivity index (χ3n) is 1.93. The average molecular weight is 177 g/mol. The fourth-order valence-electron chi connectivity index (χ4n) is 1.25. The van der Waals surface area contributed by atoms with Crippen molar-refractivity contribution in [1.29, 1.82) is 0 Å². The van der Waals surface area contributed by atoms with Crippen LogP contribution in [0.15, 0.2) is 24.7 Å². The van der Waals surface area contributed by atoms with Crippen LogP contribution in [0.25, 0.3) is 5.65 Å². The number of nitrogens with zero attached hydrogens (tertiary/aromatic N) is 3. The van der Waals surface area contributed by atoms with Crippen LogP contribution >= 0.6 is 0 Å². The minimum Gasteiger partial charge on any atom is -0.328 e. The van der Waals surface area contributed by atoms with Crippen molar-refractivity contribution in [2.75, 3.05) is 6.54 Å². The second-order valence-electron chi connectivity index (χ2n) is 2.80. The van der Waals surface area contributed by atoms with Gasteiger partial charge in [-0.3, -0.25) is 4.40 Å². The number of fused-ring (bicyclic) bond motifs is 1. The Balaban J connectivity index is 2.60. The van der Waals surface area contributed by atoms with Crippen LogP contribution in [-0.2, 0) is 0 Å². The number of imidazole rings is 1. The van der Waals surface area contributed by atoms with Gasteiger partial charge in [-0.1, -0.05) is 0 Å². The minimum atomic E-state index is -0.238. The fourth-order valence-corrected chi connectivity index (χ4v) is 1.25. The first-order valence-electron chi connectivity index (χ1n) is 4.06. The summed E-state index contributed by atoms with van der Waals surface area (Å²) in [6.07, 6.45) is 5.23. The van der Waals surface area contributed by atoms with Crippen LogP contribution in [0.3, 0.4) is 0 Å². The summed E-state index contributed by atoms with van der Waals surface area (Å²) in [5, 5.41) is 0. The fraction of sp³-hybridized carbons (Fsp3) is 0.250. The Bertz CT molecular complexity index is 408. The molecule has 0 aromatic carbocycles. The molecule has 0 aliphatic rings. The molecule has 5 heteroatoms. The van der Waals surface area contributed by atoms with Gasteiger partial charge in [0, 0.05) is 25.1 Å². The molecule has 0 fully saturated rings. The Labute approximate surface area is 75.4 Å². The van der Waals surface area contributed by atoms with E-state index in [2.05, 4.69) is 9.97 Å². The van der Waals surface area contributed by atoms with Crippen molar-refractivity contribution in [2.24, 2.45) is 11.5 Å². The maximum absolute atomic E-state index is 5.78. The van der Waals surface area contributed by atoms with E-state index in [1.165, 1.54) is 0 Å². The van der Waals surface area contributed by atoms with Gasteiger partial charge in [0.15, 0.2) is 0 Å². The van der Waals surface area contributed by atoms with Gasteiger partial charge in [-0.05, 0) is 6.07 Å². The standard InChI is InChI=1S/C8H11N5/c9-5-6(10)8-12-2-1-7-11-3-4-13(7)8/h1-4,6H,5,9-10H2. The molecule has 2 rings (SSSR count). The van der Waals surface area contributed by atoms with Gasteiger partial charge in [-0.15, -0.1) is 0 Å². The molecule has 0 amide bonds. The van der Waals surface area contributed by atoms with Crippen molar-refractivity contribution in [3.05, 3.63) is 30.5 Å². The highest BCUT2D eigenvalue weighted by Gasteiger charge is 2.08.